The fourth-order valence-electron chi connectivity index (χ4n) is 0.508. The van der Waals surface area contributed by atoms with Crippen molar-refractivity contribution >= 4 is 30.2 Å². The molecule has 0 aliphatic heterocycles. The highest BCUT2D eigenvalue weighted by molar-refractivity contribution is 7.85. The minimum absolute atomic E-state index is 0.718. The molecule has 0 heterocycles. The van der Waals surface area contributed by atoms with Gasteiger partial charge in [-0.3, -0.25) is 9.35 Å². The van der Waals surface area contributed by atoms with Gasteiger partial charge < -0.3 is 14.2 Å². The van der Waals surface area contributed by atoms with Gasteiger partial charge in [-0.05, 0) is 6.92 Å². The van der Waals surface area contributed by atoms with Crippen molar-refractivity contribution < 1.29 is 45.2 Å². The van der Waals surface area contributed by atoms with Gasteiger partial charge >= 0.3 is 30.2 Å². The van der Waals surface area contributed by atoms with E-state index in [2.05, 4.69) is 13.0 Å². The second-order valence-corrected chi connectivity index (χ2v) is 5.33. The summed E-state index contributed by atoms with van der Waals surface area (Å²) in [5, 5.41) is 8.71. The maximum atomic E-state index is 11.4. The Bertz CT molecular complexity index is 449. The van der Waals surface area contributed by atoms with Gasteiger partial charge in [-0.1, -0.05) is 0 Å². The largest absolute Gasteiger partial charge is 0.609 e. The van der Waals surface area contributed by atoms with Gasteiger partial charge in [0.2, 0.25) is 0 Å². The SMILES string of the molecule is CC(=O)OP(=O)(OC(=O)C(C)O)OS(=O)(=O)O. The minimum atomic E-state index is -5.30. The third-order valence-electron chi connectivity index (χ3n) is 0.969. The van der Waals surface area contributed by atoms with Crippen LogP contribution in [0.15, 0.2) is 0 Å². The topological polar surface area (TPSA) is 154 Å². The predicted octanol–water partition coefficient (Wildman–Crippen LogP) is -0.599. The molecule has 2 atom stereocenters. The van der Waals surface area contributed by atoms with E-state index in [1.54, 1.807) is 0 Å². The monoisotopic (exact) mass is 292 g/mol. The summed E-state index contributed by atoms with van der Waals surface area (Å²) in [6.45, 7) is 1.63. The lowest BCUT2D eigenvalue weighted by Gasteiger charge is -2.14. The number of phosphoric acid groups is 1. The lowest BCUT2D eigenvalue weighted by Crippen LogP contribution is -2.20. The summed E-state index contributed by atoms with van der Waals surface area (Å²) in [5.74, 6) is -2.87. The molecule has 0 aromatic rings. The number of aliphatic hydroxyl groups is 1. The van der Waals surface area contributed by atoms with Gasteiger partial charge in [0, 0.05) is 6.92 Å². The Kier molecular flexibility index (Phi) is 5.23. The van der Waals surface area contributed by atoms with E-state index < -0.39 is 36.3 Å². The number of hydrogen-bond acceptors (Lipinski definition) is 9. The Balaban J connectivity index is 5.05. The highest BCUT2D eigenvalue weighted by Crippen LogP contribution is 2.51. The van der Waals surface area contributed by atoms with E-state index in [0.29, 0.717) is 0 Å². The van der Waals surface area contributed by atoms with Crippen LogP contribution in [0, 0.1) is 0 Å². The fraction of sp³-hybridized carbons (Fsp3) is 0.600. The molecule has 0 radical (unpaired) electrons. The minimum Gasteiger partial charge on any atom is -0.382 e. The summed E-state index contributed by atoms with van der Waals surface area (Å²) in [5.41, 5.74) is 0. The molecule has 2 unspecified atom stereocenters. The van der Waals surface area contributed by atoms with Gasteiger partial charge in [0.1, 0.15) is 6.10 Å². The molecule has 0 aliphatic carbocycles. The third kappa shape index (κ3) is 7.02. The molecule has 0 saturated carbocycles. The summed E-state index contributed by atoms with van der Waals surface area (Å²) < 4.78 is 51.4. The van der Waals surface area contributed by atoms with Gasteiger partial charge in [-0.25, -0.2) is 9.36 Å². The van der Waals surface area contributed by atoms with Crippen molar-refractivity contribution in [2.75, 3.05) is 0 Å². The molecule has 2 N–H and O–H groups in total. The maximum Gasteiger partial charge on any atom is 0.609 e. The lowest BCUT2D eigenvalue weighted by atomic mass is 10.4. The zero-order valence-electron chi connectivity index (χ0n) is 8.59. The van der Waals surface area contributed by atoms with Crippen molar-refractivity contribution in [3.8, 4) is 0 Å². The predicted molar refractivity (Wildman–Crippen MR) is 49.8 cm³/mol. The van der Waals surface area contributed by atoms with E-state index in [1.165, 1.54) is 0 Å². The summed E-state index contributed by atoms with van der Waals surface area (Å²) >= 11 is 0. The highest BCUT2D eigenvalue weighted by Gasteiger charge is 2.40. The molecule has 0 aromatic carbocycles. The molecule has 12 heteroatoms. The van der Waals surface area contributed by atoms with Crippen molar-refractivity contribution in [1.82, 2.24) is 0 Å². The van der Waals surface area contributed by atoms with Gasteiger partial charge in [0.05, 0.1) is 0 Å². The number of carbonyl (C=O) groups is 2. The van der Waals surface area contributed by atoms with Gasteiger partial charge in [-0.15, -0.1) is 3.97 Å². The van der Waals surface area contributed by atoms with E-state index in [0.717, 1.165) is 13.8 Å². The quantitative estimate of drug-likeness (QED) is 0.495. The van der Waals surface area contributed by atoms with Crippen LogP contribution in [0.1, 0.15) is 13.8 Å². The number of phosphoric ester groups is 1. The van der Waals surface area contributed by atoms with E-state index in [1.807, 2.05) is 0 Å². The number of rotatable bonds is 5. The van der Waals surface area contributed by atoms with Gasteiger partial charge in [0.15, 0.2) is 0 Å². The zero-order chi connectivity index (χ0) is 13.9. The van der Waals surface area contributed by atoms with Crippen LogP contribution in [-0.2, 0) is 37.6 Å². The van der Waals surface area contributed by atoms with Crippen LogP contribution in [0.4, 0.5) is 0 Å². The zero-order valence-corrected chi connectivity index (χ0v) is 10.3. The van der Waals surface area contributed by atoms with Gasteiger partial charge in [0.25, 0.3) is 0 Å². The first kappa shape index (κ1) is 16.0. The summed E-state index contributed by atoms with van der Waals surface area (Å²) in [7, 11) is -10.5. The number of carbonyl (C=O) groups excluding carboxylic acids is 2. The van der Waals surface area contributed by atoms with Crippen LogP contribution >= 0.6 is 7.82 Å². The van der Waals surface area contributed by atoms with Crippen molar-refractivity contribution in [3.63, 3.8) is 0 Å². The van der Waals surface area contributed by atoms with E-state index in [4.69, 9.17) is 9.66 Å². The average molecular weight is 292 g/mol. The first-order valence-corrected chi connectivity index (χ1v) is 6.68. The molecular weight excluding hydrogens is 283 g/mol. The highest BCUT2D eigenvalue weighted by atomic mass is 32.3. The Morgan fingerprint density at radius 1 is 1.29 bits per heavy atom. The molecule has 10 nitrogen and oxygen atoms in total. The Hall–Kier alpha value is -1.00. The summed E-state index contributed by atoms with van der Waals surface area (Å²) in [4.78, 5) is 21.3. The van der Waals surface area contributed by atoms with Crippen LogP contribution in [0.5, 0.6) is 0 Å². The Morgan fingerprint density at radius 3 is 2.06 bits per heavy atom. The lowest BCUT2D eigenvalue weighted by molar-refractivity contribution is -0.145. The van der Waals surface area contributed by atoms with Crippen LogP contribution < -0.4 is 0 Å². The molecule has 0 bridgehead atoms. The van der Waals surface area contributed by atoms with Crippen molar-refractivity contribution in [2.24, 2.45) is 0 Å². The summed E-state index contributed by atoms with van der Waals surface area (Å²) in [6.07, 6.45) is -1.77. The summed E-state index contributed by atoms with van der Waals surface area (Å²) in [6, 6.07) is 0. The van der Waals surface area contributed by atoms with Crippen molar-refractivity contribution in [2.45, 2.75) is 20.0 Å². The van der Waals surface area contributed by atoms with E-state index in [-0.39, 0.29) is 0 Å². The first-order chi connectivity index (χ1) is 7.45. The van der Waals surface area contributed by atoms with Gasteiger partial charge in [-0.2, -0.15) is 8.42 Å². The van der Waals surface area contributed by atoms with Crippen LogP contribution in [0.3, 0.4) is 0 Å². The Labute approximate surface area is 96.0 Å². The molecule has 0 aliphatic rings. The average Bonchev–Trinajstić information content (AvgIpc) is 1.96. The van der Waals surface area contributed by atoms with Crippen LogP contribution in [0.2, 0.25) is 0 Å². The second kappa shape index (κ2) is 5.56. The third-order valence-corrected chi connectivity index (χ3v) is 3.34. The van der Waals surface area contributed by atoms with E-state index >= 15 is 0 Å². The molecule has 0 saturated heterocycles. The van der Waals surface area contributed by atoms with Crippen molar-refractivity contribution in [3.05, 3.63) is 0 Å². The number of hydrogen-bond donors (Lipinski definition) is 2. The Morgan fingerprint density at radius 2 is 1.76 bits per heavy atom. The molecular formula is C5H9O10PS. The molecule has 0 spiro atoms. The van der Waals surface area contributed by atoms with E-state index in [9.17, 15) is 22.6 Å². The van der Waals surface area contributed by atoms with Crippen LogP contribution in [-0.4, -0.2) is 36.1 Å². The fourth-order valence-corrected chi connectivity index (χ4v) is 2.40. The standard InChI is InChI=1S/C5H9O10PS/c1-3(6)5(8)14-16(9,13-4(2)7)15-17(10,11)12/h3,6H,1-2H3,(H,10,11,12). The van der Waals surface area contributed by atoms with Crippen LogP contribution in [0.25, 0.3) is 0 Å². The van der Waals surface area contributed by atoms with Crippen molar-refractivity contribution in [1.29, 1.82) is 0 Å². The normalized spacial score (nSPS) is 16.7. The maximum absolute atomic E-state index is 11.4. The first-order valence-electron chi connectivity index (χ1n) is 3.85. The molecule has 17 heavy (non-hydrogen) atoms. The smallest absolute Gasteiger partial charge is 0.382 e. The molecule has 0 rings (SSSR count). The molecule has 0 aromatic heterocycles. The number of aliphatic hydroxyl groups excluding tert-OH is 1. The molecule has 100 valence electrons. The second-order valence-electron chi connectivity index (χ2n) is 2.62. The molecule has 0 fully saturated rings. The molecule has 0 amide bonds.